The van der Waals surface area contributed by atoms with Gasteiger partial charge in [-0.05, 0) is 24.3 Å². The minimum atomic E-state index is -4.07. The lowest BCUT2D eigenvalue weighted by atomic mass is 10.4. The second-order valence-corrected chi connectivity index (χ2v) is 7.00. The molecule has 106 valence electrons. The molecule has 20 heavy (non-hydrogen) atoms. The Labute approximate surface area is 133 Å². The zero-order valence-corrected chi connectivity index (χ0v) is 13.5. The van der Waals surface area contributed by atoms with Crippen LogP contribution in [0.2, 0.25) is 10.0 Å². The minimum absolute atomic E-state index is 0.0618. The highest BCUT2D eigenvalue weighted by Crippen LogP contribution is 2.33. The van der Waals surface area contributed by atoms with Gasteiger partial charge in [-0.3, -0.25) is 4.72 Å². The van der Waals surface area contributed by atoms with Gasteiger partial charge in [0, 0.05) is 4.47 Å². The molecular weight excluding hydrogens is 394 g/mol. The maximum atomic E-state index is 13.0. The van der Waals surface area contributed by atoms with E-state index in [4.69, 9.17) is 23.2 Å². The number of aromatic nitrogens is 1. The lowest BCUT2D eigenvalue weighted by Gasteiger charge is -2.10. The quantitative estimate of drug-likeness (QED) is 0.790. The molecule has 0 radical (unpaired) electrons. The van der Waals surface area contributed by atoms with Crippen molar-refractivity contribution in [3.05, 3.63) is 50.8 Å². The van der Waals surface area contributed by atoms with Gasteiger partial charge in [0.15, 0.2) is 0 Å². The first kappa shape index (κ1) is 15.5. The third-order valence-electron chi connectivity index (χ3n) is 2.19. The van der Waals surface area contributed by atoms with E-state index in [1.54, 1.807) is 0 Å². The smallest absolute Gasteiger partial charge is 0.263 e. The molecule has 0 aliphatic carbocycles. The molecule has 0 spiro atoms. The molecule has 1 N–H and O–H groups in total. The van der Waals surface area contributed by atoms with Crippen molar-refractivity contribution in [2.75, 3.05) is 4.72 Å². The highest BCUT2D eigenvalue weighted by Gasteiger charge is 2.23. The van der Waals surface area contributed by atoms with Crippen molar-refractivity contribution in [2.45, 2.75) is 4.90 Å². The van der Waals surface area contributed by atoms with Crippen molar-refractivity contribution < 1.29 is 12.8 Å². The van der Waals surface area contributed by atoms with Gasteiger partial charge in [-0.25, -0.2) is 13.4 Å². The van der Waals surface area contributed by atoms with E-state index in [-0.39, 0.29) is 20.8 Å². The monoisotopic (exact) mass is 398 g/mol. The van der Waals surface area contributed by atoms with E-state index in [1.165, 1.54) is 24.3 Å². The number of halogens is 4. The summed E-state index contributed by atoms with van der Waals surface area (Å²) >= 11 is 14.9. The summed E-state index contributed by atoms with van der Waals surface area (Å²) in [5.41, 5.74) is 0. The van der Waals surface area contributed by atoms with Crippen LogP contribution in [-0.4, -0.2) is 13.4 Å². The number of pyridine rings is 1. The Bertz CT molecular complexity index is 748. The topological polar surface area (TPSA) is 59.1 Å². The summed E-state index contributed by atoms with van der Waals surface area (Å²) in [7, 11) is -4.07. The van der Waals surface area contributed by atoms with Crippen molar-refractivity contribution in [2.24, 2.45) is 0 Å². The summed E-state index contributed by atoms with van der Waals surface area (Å²) in [6.07, 6.45) is 0. The Morgan fingerprint density at radius 3 is 2.35 bits per heavy atom. The van der Waals surface area contributed by atoms with E-state index in [2.05, 4.69) is 25.6 Å². The molecule has 1 heterocycles. The average Bonchev–Trinajstić information content (AvgIpc) is 2.25. The molecular formula is C11H6BrCl2FN2O2S. The Balaban J connectivity index is 2.46. The second kappa shape index (κ2) is 5.85. The Kier molecular flexibility index (Phi) is 4.53. The highest BCUT2D eigenvalue weighted by atomic mass is 79.9. The van der Waals surface area contributed by atoms with Gasteiger partial charge in [-0.1, -0.05) is 45.2 Å². The lowest BCUT2D eigenvalue weighted by Crippen LogP contribution is -2.15. The molecule has 1 aromatic heterocycles. The predicted octanol–water partition coefficient (Wildman–Crippen LogP) is 4.09. The van der Waals surface area contributed by atoms with Crippen molar-refractivity contribution in [3.8, 4) is 0 Å². The fourth-order valence-electron chi connectivity index (χ4n) is 1.44. The summed E-state index contributed by atoms with van der Waals surface area (Å²) in [6.45, 7) is 0. The molecule has 0 bridgehead atoms. The summed E-state index contributed by atoms with van der Waals surface area (Å²) < 4.78 is 40.0. The molecule has 0 unspecified atom stereocenters. The zero-order valence-electron chi connectivity index (χ0n) is 9.57. The van der Waals surface area contributed by atoms with Gasteiger partial charge in [0.1, 0.15) is 10.7 Å². The number of hydrogen-bond donors (Lipinski definition) is 1. The number of benzene rings is 1. The maximum absolute atomic E-state index is 13.0. The SMILES string of the molecule is O=S(=O)(Nc1cccc(F)n1)c1c(Cl)cc(Br)cc1Cl. The minimum Gasteiger partial charge on any atom is -0.263 e. The molecule has 2 aromatic rings. The third-order valence-corrected chi connectivity index (χ3v) is 4.92. The van der Waals surface area contributed by atoms with Crippen molar-refractivity contribution in [3.63, 3.8) is 0 Å². The lowest BCUT2D eigenvalue weighted by molar-refractivity contribution is 0.584. The van der Waals surface area contributed by atoms with Crippen LogP contribution in [-0.2, 0) is 10.0 Å². The zero-order chi connectivity index (χ0) is 14.9. The van der Waals surface area contributed by atoms with Gasteiger partial charge >= 0.3 is 0 Å². The number of anilines is 1. The van der Waals surface area contributed by atoms with E-state index < -0.39 is 16.0 Å². The van der Waals surface area contributed by atoms with Crippen molar-refractivity contribution in [1.29, 1.82) is 0 Å². The van der Waals surface area contributed by atoms with Crippen LogP contribution in [0.1, 0.15) is 0 Å². The highest BCUT2D eigenvalue weighted by molar-refractivity contribution is 9.10. The van der Waals surface area contributed by atoms with Crippen LogP contribution >= 0.6 is 39.1 Å². The number of sulfonamides is 1. The summed E-state index contributed by atoms with van der Waals surface area (Å²) in [6, 6.07) is 6.51. The predicted molar refractivity (Wildman–Crippen MR) is 79.2 cm³/mol. The molecule has 0 atom stereocenters. The second-order valence-electron chi connectivity index (χ2n) is 3.65. The third kappa shape index (κ3) is 3.41. The largest absolute Gasteiger partial charge is 0.266 e. The van der Waals surface area contributed by atoms with Crippen LogP contribution < -0.4 is 4.72 Å². The molecule has 1 aromatic carbocycles. The summed E-state index contributed by atoms with van der Waals surface area (Å²) in [5, 5.41) is -0.124. The van der Waals surface area contributed by atoms with Crippen LogP contribution in [0.25, 0.3) is 0 Å². The van der Waals surface area contributed by atoms with E-state index >= 15 is 0 Å². The van der Waals surface area contributed by atoms with Crippen LogP contribution in [0.3, 0.4) is 0 Å². The normalized spacial score (nSPS) is 11.4. The van der Waals surface area contributed by atoms with Gasteiger partial charge in [0.25, 0.3) is 10.0 Å². The Morgan fingerprint density at radius 1 is 1.20 bits per heavy atom. The Hall–Kier alpha value is -0.890. The van der Waals surface area contributed by atoms with Crippen LogP contribution in [0.5, 0.6) is 0 Å². The number of rotatable bonds is 3. The first-order valence-corrected chi connectivity index (χ1v) is 8.13. The molecule has 0 saturated heterocycles. The molecule has 0 aliphatic rings. The molecule has 0 amide bonds. The first-order valence-electron chi connectivity index (χ1n) is 5.09. The van der Waals surface area contributed by atoms with E-state index in [0.717, 1.165) is 6.07 Å². The number of hydrogen-bond acceptors (Lipinski definition) is 3. The van der Waals surface area contributed by atoms with E-state index in [9.17, 15) is 12.8 Å². The number of nitrogens with zero attached hydrogens (tertiary/aromatic N) is 1. The van der Waals surface area contributed by atoms with Gasteiger partial charge in [0.05, 0.1) is 10.0 Å². The standard InChI is InChI=1S/C11H6BrCl2FN2O2S/c12-6-4-7(13)11(8(14)5-6)20(18,19)17-10-3-1-2-9(15)16-10/h1-5H,(H,16,17). The first-order chi connectivity index (χ1) is 9.29. The molecule has 0 fully saturated rings. The molecule has 2 rings (SSSR count). The van der Waals surface area contributed by atoms with Gasteiger partial charge in [-0.15, -0.1) is 0 Å². The average molecular weight is 400 g/mol. The molecule has 0 saturated carbocycles. The summed E-state index contributed by atoms with van der Waals surface area (Å²) in [5.74, 6) is -0.974. The van der Waals surface area contributed by atoms with Gasteiger partial charge in [0.2, 0.25) is 5.95 Å². The summed E-state index contributed by atoms with van der Waals surface area (Å²) in [4.78, 5) is 3.11. The molecule has 9 heteroatoms. The molecule has 4 nitrogen and oxygen atoms in total. The van der Waals surface area contributed by atoms with Gasteiger partial charge in [-0.2, -0.15) is 4.39 Å². The number of nitrogens with one attached hydrogen (secondary N) is 1. The Morgan fingerprint density at radius 2 is 1.80 bits per heavy atom. The molecule has 0 aliphatic heterocycles. The van der Waals surface area contributed by atoms with Crippen LogP contribution in [0.15, 0.2) is 39.7 Å². The van der Waals surface area contributed by atoms with E-state index in [0.29, 0.717) is 4.47 Å². The van der Waals surface area contributed by atoms with Crippen molar-refractivity contribution >= 4 is 55.0 Å². The maximum Gasteiger partial charge on any atom is 0.266 e. The van der Waals surface area contributed by atoms with Gasteiger partial charge < -0.3 is 0 Å². The van der Waals surface area contributed by atoms with Crippen molar-refractivity contribution in [1.82, 2.24) is 4.98 Å². The van der Waals surface area contributed by atoms with Crippen LogP contribution in [0.4, 0.5) is 10.2 Å². The van der Waals surface area contributed by atoms with Crippen LogP contribution in [0, 0.1) is 5.95 Å². The van der Waals surface area contributed by atoms with E-state index in [1.807, 2.05) is 0 Å². The fraction of sp³-hybridized carbons (Fsp3) is 0. The fourth-order valence-corrected chi connectivity index (χ4v) is 4.38.